The Bertz CT molecular complexity index is 552. The largest absolute Gasteiger partial charge is 0.416 e. The van der Waals surface area contributed by atoms with Crippen LogP contribution in [0.25, 0.3) is 0 Å². The van der Waals surface area contributed by atoms with Gasteiger partial charge in [0.05, 0.1) is 11.7 Å². The third-order valence-electron chi connectivity index (χ3n) is 2.69. The summed E-state index contributed by atoms with van der Waals surface area (Å²) >= 11 is 4.47. The molecule has 2 rings (SSSR count). The molecule has 1 atom stereocenters. The van der Waals surface area contributed by atoms with Crippen LogP contribution >= 0.6 is 27.3 Å². The van der Waals surface area contributed by atoms with Crippen LogP contribution in [0.15, 0.2) is 39.5 Å². The number of rotatable bonds is 3. The van der Waals surface area contributed by atoms with Gasteiger partial charge < -0.3 is 5.11 Å². The number of hydrogen-bond donors (Lipinski definition) is 1. The fourth-order valence-corrected chi connectivity index (χ4v) is 2.85. The number of aliphatic hydroxyl groups excluding tert-OH is 1. The van der Waals surface area contributed by atoms with E-state index in [1.807, 2.05) is 10.8 Å². The number of benzene rings is 1. The van der Waals surface area contributed by atoms with Gasteiger partial charge in [0.25, 0.3) is 0 Å². The smallest absolute Gasteiger partial charge is 0.388 e. The van der Waals surface area contributed by atoms with E-state index in [0.29, 0.717) is 4.47 Å². The summed E-state index contributed by atoms with van der Waals surface area (Å²) in [5, 5.41) is 13.7. The molecule has 1 aromatic carbocycles. The van der Waals surface area contributed by atoms with Gasteiger partial charge in [-0.25, -0.2) is 0 Å². The third-order valence-corrected chi connectivity index (χ3v) is 3.91. The van der Waals surface area contributed by atoms with E-state index in [-0.39, 0.29) is 12.0 Å². The highest BCUT2D eigenvalue weighted by molar-refractivity contribution is 9.10. The summed E-state index contributed by atoms with van der Waals surface area (Å²) in [6.07, 6.45) is -5.47. The van der Waals surface area contributed by atoms with Crippen molar-refractivity contribution in [1.29, 1.82) is 0 Å². The summed E-state index contributed by atoms with van der Waals surface area (Å²) < 4.78 is 39.2. The second kappa shape index (κ2) is 5.64. The van der Waals surface area contributed by atoms with Crippen LogP contribution in [0.3, 0.4) is 0 Å². The fraction of sp³-hybridized carbons (Fsp3) is 0.231. The zero-order chi connectivity index (χ0) is 14.0. The molecule has 102 valence electrons. The van der Waals surface area contributed by atoms with Crippen LogP contribution in [-0.2, 0) is 12.6 Å². The van der Waals surface area contributed by atoms with Crippen molar-refractivity contribution in [1.82, 2.24) is 0 Å². The number of halogens is 4. The van der Waals surface area contributed by atoms with Gasteiger partial charge in [-0.15, -0.1) is 0 Å². The van der Waals surface area contributed by atoms with E-state index < -0.39 is 17.8 Å². The summed E-state index contributed by atoms with van der Waals surface area (Å²) in [5.74, 6) is 0. The van der Waals surface area contributed by atoms with E-state index in [2.05, 4.69) is 15.9 Å². The van der Waals surface area contributed by atoms with Gasteiger partial charge in [0.2, 0.25) is 0 Å². The van der Waals surface area contributed by atoms with Crippen LogP contribution in [-0.4, -0.2) is 5.11 Å². The highest BCUT2D eigenvalue weighted by Crippen LogP contribution is 2.37. The van der Waals surface area contributed by atoms with E-state index in [4.69, 9.17) is 0 Å². The van der Waals surface area contributed by atoms with Gasteiger partial charge in [0, 0.05) is 10.9 Å². The lowest BCUT2D eigenvalue weighted by Gasteiger charge is -2.17. The number of alkyl halides is 3. The van der Waals surface area contributed by atoms with Crippen molar-refractivity contribution in [2.45, 2.75) is 18.7 Å². The minimum Gasteiger partial charge on any atom is -0.388 e. The molecule has 2 aromatic rings. The fourth-order valence-electron chi connectivity index (χ4n) is 1.81. The first-order valence-electron chi connectivity index (χ1n) is 5.43. The Balaban J connectivity index is 2.33. The molecule has 0 aliphatic heterocycles. The second-order valence-electron chi connectivity index (χ2n) is 4.08. The maximum Gasteiger partial charge on any atom is 0.416 e. The zero-order valence-electron chi connectivity index (χ0n) is 9.62. The SMILES string of the molecule is OC(Cc1ccsc1)c1ccc(Br)cc1C(F)(F)F. The Kier molecular flexibility index (Phi) is 4.32. The molecule has 1 nitrogen and oxygen atoms in total. The second-order valence-corrected chi connectivity index (χ2v) is 5.78. The van der Waals surface area contributed by atoms with Crippen molar-refractivity contribution in [3.05, 3.63) is 56.2 Å². The molecule has 0 saturated heterocycles. The molecule has 0 aliphatic carbocycles. The van der Waals surface area contributed by atoms with Crippen LogP contribution in [0.4, 0.5) is 13.2 Å². The van der Waals surface area contributed by atoms with Crippen molar-refractivity contribution >= 4 is 27.3 Å². The lowest BCUT2D eigenvalue weighted by molar-refractivity contribution is -0.139. The third kappa shape index (κ3) is 3.58. The van der Waals surface area contributed by atoms with Crippen LogP contribution < -0.4 is 0 Å². The maximum atomic E-state index is 12.9. The molecule has 0 aliphatic rings. The van der Waals surface area contributed by atoms with E-state index in [1.54, 1.807) is 6.07 Å². The number of hydrogen-bond acceptors (Lipinski definition) is 2. The van der Waals surface area contributed by atoms with Gasteiger partial charge in [-0.2, -0.15) is 24.5 Å². The number of thiophene rings is 1. The molecule has 0 radical (unpaired) electrons. The topological polar surface area (TPSA) is 20.2 Å². The van der Waals surface area contributed by atoms with E-state index in [1.165, 1.54) is 23.5 Å². The van der Waals surface area contributed by atoms with Crippen molar-refractivity contribution < 1.29 is 18.3 Å². The average Bonchev–Trinajstić information content (AvgIpc) is 2.80. The molecule has 1 heterocycles. The summed E-state index contributed by atoms with van der Waals surface area (Å²) in [4.78, 5) is 0. The van der Waals surface area contributed by atoms with E-state index >= 15 is 0 Å². The normalized spacial score (nSPS) is 13.5. The Morgan fingerprint density at radius 1 is 1.26 bits per heavy atom. The van der Waals surface area contributed by atoms with Crippen molar-refractivity contribution in [3.8, 4) is 0 Å². The summed E-state index contributed by atoms with van der Waals surface area (Å²) in [7, 11) is 0. The Hall–Kier alpha value is -0.850. The van der Waals surface area contributed by atoms with Crippen LogP contribution in [0.2, 0.25) is 0 Å². The van der Waals surface area contributed by atoms with Gasteiger partial charge >= 0.3 is 6.18 Å². The molecular weight excluding hydrogens is 341 g/mol. The quantitative estimate of drug-likeness (QED) is 0.842. The van der Waals surface area contributed by atoms with E-state index in [9.17, 15) is 18.3 Å². The molecule has 1 unspecified atom stereocenters. The average molecular weight is 351 g/mol. The van der Waals surface area contributed by atoms with Crippen molar-refractivity contribution in [2.75, 3.05) is 0 Å². The Morgan fingerprint density at radius 3 is 2.58 bits per heavy atom. The standard InChI is InChI=1S/C13H10BrF3OS/c14-9-1-2-10(11(6-9)13(15,16)17)12(18)5-8-3-4-19-7-8/h1-4,6-7,12,18H,5H2. The van der Waals surface area contributed by atoms with Crippen LogP contribution in [0.5, 0.6) is 0 Å². The summed E-state index contributed by atoms with van der Waals surface area (Å²) in [6, 6.07) is 5.59. The van der Waals surface area contributed by atoms with Gasteiger partial charge in [0.1, 0.15) is 0 Å². The lowest BCUT2D eigenvalue weighted by Crippen LogP contribution is -2.13. The highest BCUT2D eigenvalue weighted by Gasteiger charge is 2.35. The van der Waals surface area contributed by atoms with Crippen molar-refractivity contribution in [2.24, 2.45) is 0 Å². The van der Waals surface area contributed by atoms with Gasteiger partial charge in [-0.05, 0) is 40.1 Å². The number of aliphatic hydroxyl groups is 1. The van der Waals surface area contributed by atoms with Crippen LogP contribution in [0, 0.1) is 0 Å². The predicted octanol–water partition coefficient (Wildman–Crippen LogP) is 4.81. The minimum atomic E-state index is -4.48. The first-order chi connectivity index (χ1) is 8.88. The van der Waals surface area contributed by atoms with Crippen LogP contribution in [0.1, 0.15) is 22.8 Å². The molecule has 1 N–H and O–H groups in total. The molecule has 0 spiro atoms. The highest BCUT2D eigenvalue weighted by atomic mass is 79.9. The molecule has 1 aromatic heterocycles. The zero-order valence-corrected chi connectivity index (χ0v) is 12.0. The first-order valence-corrected chi connectivity index (χ1v) is 7.17. The molecule has 0 saturated carbocycles. The maximum absolute atomic E-state index is 12.9. The molecule has 0 fully saturated rings. The van der Waals surface area contributed by atoms with Crippen molar-refractivity contribution in [3.63, 3.8) is 0 Å². The molecule has 0 amide bonds. The molecule has 6 heteroatoms. The molecule has 0 bridgehead atoms. The van der Waals surface area contributed by atoms with E-state index in [0.717, 1.165) is 11.6 Å². The van der Waals surface area contributed by atoms with Gasteiger partial charge in [0.15, 0.2) is 0 Å². The molecule has 19 heavy (non-hydrogen) atoms. The summed E-state index contributed by atoms with van der Waals surface area (Å²) in [6.45, 7) is 0. The Morgan fingerprint density at radius 2 is 2.00 bits per heavy atom. The Labute approximate surface area is 120 Å². The van der Waals surface area contributed by atoms with Gasteiger partial charge in [-0.3, -0.25) is 0 Å². The molecular formula is C13H10BrF3OS. The minimum absolute atomic E-state index is 0.0955. The predicted molar refractivity (Wildman–Crippen MR) is 72.1 cm³/mol. The lowest BCUT2D eigenvalue weighted by atomic mass is 9.98. The summed E-state index contributed by atoms with van der Waals surface area (Å²) in [5.41, 5.74) is -0.0694. The van der Waals surface area contributed by atoms with Gasteiger partial charge in [-0.1, -0.05) is 22.0 Å². The first kappa shape index (κ1) is 14.6. The monoisotopic (exact) mass is 350 g/mol.